The normalized spacial score (nSPS) is 11.4. The van der Waals surface area contributed by atoms with Crippen LogP contribution in [0.2, 0.25) is 0 Å². The second-order valence-electron chi connectivity index (χ2n) is 15.5. The summed E-state index contributed by atoms with van der Waals surface area (Å²) >= 11 is 0. The molecule has 0 saturated heterocycles. The molecule has 0 unspecified atom stereocenters. The third-order valence-electron chi connectivity index (χ3n) is 10.3. The standard InChI is InChI=1S/C44H90O.Na.H2O4S.H/c1-3-5-7-9-11-13-15-17-19-21-23-25-27-29-31-33-35-37-39-41-43-45-44-42-40-38-36-34-32-30-28-26-24-22-20-18-16-14-12-10-8-6-4-2;;1-5(2,3)4;/h3-44H2,1-2H3;;(H2,1,2,3,4);. The van der Waals surface area contributed by atoms with Gasteiger partial charge in [0.2, 0.25) is 0 Å². The quantitative estimate of drug-likeness (QED) is 0.0368. The molecule has 51 heavy (non-hydrogen) atoms. The average Bonchev–Trinajstić information content (AvgIpc) is 3.08. The molecule has 0 aliphatic heterocycles. The van der Waals surface area contributed by atoms with Gasteiger partial charge in [0.25, 0.3) is 0 Å². The summed E-state index contributed by atoms with van der Waals surface area (Å²) in [4.78, 5) is 0. The molecule has 0 amide bonds. The van der Waals surface area contributed by atoms with Gasteiger partial charge in [0.15, 0.2) is 0 Å². The van der Waals surface area contributed by atoms with Crippen molar-refractivity contribution < 1.29 is 22.3 Å². The average molecular weight is 757 g/mol. The minimum absolute atomic E-state index is 0. The van der Waals surface area contributed by atoms with Gasteiger partial charge in [-0.05, 0) is 12.8 Å². The number of ether oxygens (including phenoxy) is 1. The Kier molecular flexibility index (Phi) is 56.0. The van der Waals surface area contributed by atoms with Gasteiger partial charge in [-0.15, -0.1) is 0 Å². The Bertz CT molecular complexity index is 641. The zero-order valence-corrected chi connectivity index (χ0v) is 35.0. The van der Waals surface area contributed by atoms with E-state index in [4.69, 9.17) is 22.3 Å². The van der Waals surface area contributed by atoms with E-state index in [1.165, 1.54) is 257 Å². The van der Waals surface area contributed by atoms with E-state index in [0.29, 0.717) is 0 Å². The van der Waals surface area contributed by atoms with Gasteiger partial charge in [-0.3, -0.25) is 9.11 Å². The molecule has 0 bridgehead atoms. The van der Waals surface area contributed by atoms with Gasteiger partial charge in [0, 0.05) is 13.2 Å². The molecule has 2 N–H and O–H groups in total. The van der Waals surface area contributed by atoms with E-state index >= 15 is 0 Å². The van der Waals surface area contributed by atoms with Crippen LogP contribution in [0.4, 0.5) is 0 Å². The second-order valence-corrected chi connectivity index (χ2v) is 16.4. The first kappa shape index (κ1) is 56.2. The molecule has 0 aromatic rings. The zero-order valence-electron chi connectivity index (χ0n) is 34.2. The third-order valence-corrected chi connectivity index (χ3v) is 10.3. The molecule has 0 aliphatic rings. The van der Waals surface area contributed by atoms with Crippen molar-refractivity contribution in [1.82, 2.24) is 0 Å². The van der Waals surface area contributed by atoms with Gasteiger partial charge < -0.3 is 4.74 Å². The van der Waals surface area contributed by atoms with Gasteiger partial charge >= 0.3 is 40.0 Å². The molecule has 0 heterocycles. The van der Waals surface area contributed by atoms with Crippen molar-refractivity contribution in [2.75, 3.05) is 13.2 Å². The summed E-state index contributed by atoms with van der Waals surface area (Å²) in [5.74, 6) is 0. The van der Waals surface area contributed by atoms with Crippen LogP contribution in [0.15, 0.2) is 0 Å². The first-order valence-electron chi connectivity index (χ1n) is 22.7. The summed E-state index contributed by atoms with van der Waals surface area (Å²) in [5, 5.41) is 0. The number of rotatable bonds is 42. The summed E-state index contributed by atoms with van der Waals surface area (Å²) in [5.41, 5.74) is 0. The fourth-order valence-electron chi connectivity index (χ4n) is 7.02. The SMILES string of the molecule is CCCCCCCCCCCCCCCCCCCCCCOCCCCCCCCCCCCCCCCCCCCCC.O=S(=O)(O)O.[NaH]. The number of hydrogen-bond donors (Lipinski definition) is 2. The van der Waals surface area contributed by atoms with Crippen molar-refractivity contribution in [3.8, 4) is 0 Å². The summed E-state index contributed by atoms with van der Waals surface area (Å²) in [6, 6.07) is 0. The third kappa shape index (κ3) is 66.1. The van der Waals surface area contributed by atoms with Crippen LogP contribution in [0.25, 0.3) is 0 Å². The summed E-state index contributed by atoms with van der Waals surface area (Å²) < 4.78 is 37.5. The zero-order chi connectivity index (χ0) is 36.9. The van der Waals surface area contributed by atoms with Crippen LogP contribution >= 0.6 is 0 Å². The van der Waals surface area contributed by atoms with Crippen LogP contribution in [-0.2, 0) is 15.1 Å². The molecule has 0 saturated carbocycles. The maximum absolute atomic E-state index is 8.74. The predicted molar refractivity (Wildman–Crippen MR) is 228 cm³/mol. The van der Waals surface area contributed by atoms with Gasteiger partial charge in [-0.1, -0.05) is 258 Å². The first-order chi connectivity index (χ1) is 24.4. The fraction of sp³-hybridized carbons (Fsp3) is 1.00. The van der Waals surface area contributed by atoms with Gasteiger partial charge in [0.1, 0.15) is 0 Å². The van der Waals surface area contributed by atoms with Crippen molar-refractivity contribution in [2.24, 2.45) is 0 Å². The van der Waals surface area contributed by atoms with Crippen LogP contribution in [-0.4, -0.2) is 60.3 Å². The molecule has 0 aromatic carbocycles. The first-order valence-corrected chi connectivity index (χ1v) is 24.1. The molecule has 306 valence electrons. The number of unbranched alkanes of at least 4 members (excludes halogenated alkanes) is 38. The molecule has 5 nitrogen and oxygen atoms in total. The molecule has 0 rings (SSSR count). The Balaban J connectivity index is -0.00000356. The predicted octanol–water partition coefficient (Wildman–Crippen LogP) is 15.3. The van der Waals surface area contributed by atoms with Crippen LogP contribution < -0.4 is 0 Å². The number of hydrogen-bond acceptors (Lipinski definition) is 3. The Hall–Kier alpha value is 0.830. The van der Waals surface area contributed by atoms with E-state index in [1.54, 1.807) is 0 Å². The van der Waals surface area contributed by atoms with Crippen LogP contribution in [0.5, 0.6) is 0 Å². The van der Waals surface area contributed by atoms with Crippen molar-refractivity contribution in [2.45, 2.75) is 271 Å². The van der Waals surface area contributed by atoms with Crippen LogP contribution in [0.3, 0.4) is 0 Å². The molecule has 0 aliphatic carbocycles. The van der Waals surface area contributed by atoms with Crippen molar-refractivity contribution in [3.63, 3.8) is 0 Å². The monoisotopic (exact) mass is 757 g/mol. The minimum atomic E-state index is -4.67. The van der Waals surface area contributed by atoms with Gasteiger partial charge in [-0.2, -0.15) is 8.42 Å². The van der Waals surface area contributed by atoms with E-state index in [1.807, 2.05) is 0 Å². The molecule has 7 heteroatoms. The Morgan fingerprint density at radius 1 is 0.294 bits per heavy atom. The topological polar surface area (TPSA) is 83.8 Å². The Morgan fingerprint density at radius 3 is 0.549 bits per heavy atom. The van der Waals surface area contributed by atoms with E-state index in [0.717, 1.165) is 13.2 Å². The van der Waals surface area contributed by atoms with Crippen molar-refractivity contribution in [1.29, 1.82) is 0 Å². The van der Waals surface area contributed by atoms with E-state index in [9.17, 15) is 0 Å². The van der Waals surface area contributed by atoms with E-state index < -0.39 is 10.4 Å². The van der Waals surface area contributed by atoms with Gasteiger partial charge in [0.05, 0.1) is 0 Å². The summed E-state index contributed by atoms with van der Waals surface area (Å²) in [7, 11) is -4.67. The van der Waals surface area contributed by atoms with E-state index in [-0.39, 0.29) is 29.6 Å². The Labute approximate surface area is 344 Å². The van der Waals surface area contributed by atoms with Gasteiger partial charge in [-0.25, -0.2) is 0 Å². The maximum atomic E-state index is 8.74. The molecule has 0 aromatic heterocycles. The molecule has 0 spiro atoms. The summed E-state index contributed by atoms with van der Waals surface area (Å²) in [6.07, 6.45) is 58.0. The Morgan fingerprint density at radius 2 is 0.412 bits per heavy atom. The summed E-state index contributed by atoms with van der Waals surface area (Å²) in [6.45, 7) is 6.61. The van der Waals surface area contributed by atoms with Crippen LogP contribution in [0.1, 0.15) is 271 Å². The van der Waals surface area contributed by atoms with E-state index in [2.05, 4.69) is 13.8 Å². The molecule has 0 fully saturated rings. The fourth-order valence-corrected chi connectivity index (χ4v) is 7.02. The van der Waals surface area contributed by atoms with Crippen molar-refractivity contribution in [3.05, 3.63) is 0 Å². The van der Waals surface area contributed by atoms with Crippen molar-refractivity contribution >= 4 is 40.0 Å². The molecule has 0 radical (unpaired) electrons. The molecular formula is C44H93NaO5S. The molecule has 0 atom stereocenters. The molecular weight excluding hydrogens is 664 g/mol. The second kappa shape index (κ2) is 50.8. The van der Waals surface area contributed by atoms with Crippen LogP contribution in [0, 0.1) is 0 Å².